The first-order valence-corrected chi connectivity index (χ1v) is 7.89. The predicted octanol–water partition coefficient (Wildman–Crippen LogP) is 2.99. The first kappa shape index (κ1) is 21.7. The molecule has 0 aromatic heterocycles. The van der Waals surface area contributed by atoms with Gasteiger partial charge in [0.2, 0.25) is 0 Å². The lowest BCUT2D eigenvalue weighted by atomic mass is 10.1. The summed E-state index contributed by atoms with van der Waals surface area (Å²) in [6.45, 7) is 3.58. The van der Waals surface area contributed by atoms with E-state index in [2.05, 4.69) is 17.2 Å². The van der Waals surface area contributed by atoms with Crippen LogP contribution in [0.25, 0.3) is 0 Å². The van der Waals surface area contributed by atoms with Crippen LogP contribution in [0.4, 0.5) is 0 Å². The first-order valence-electron chi connectivity index (χ1n) is 7.89. The molecule has 130 valence electrons. The maximum atomic E-state index is 11.8. The van der Waals surface area contributed by atoms with E-state index in [1.54, 1.807) is 19.0 Å². The largest absolute Gasteiger partial charge is 0.370 e. The summed E-state index contributed by atoms with van der Waals surface area (Å²) in [6.07, 6.45) is 4.83. The molecule has 1 aromatic rings. The van der Waals surface area contributed by atoms with Gasteiger partial charge in [0.15, 0.2) is 5.96 Å². The highest BCUT2D eigenvalue weighted by Crippen LogP contribution is 2.07. The number of carbonyl (C=O) groups is 1. The van der Waals surface area contributed by atoms with Crippen molar-refractivity contribution in [2.75, 3.05) is 20.6 Å². The van der Waals surface area contributed by atoms with Crippen LogP contribution in [0.2, 0.25) is 0 Å². The van der Waals surface area contributed by atoms with Gasteiger partial charge in [-0.05, 0) is 24.1 Å². The highest BCUT2D eigenvalue weighted by Gasteiger charge is 2.06. The van der Waals surface area contributed by atoms with E-state index in [9.17, 15) is 4.79 Å². The Balaban J connectivity index is 0.00000484. The number of halogens is 1. The number of nitrogens with one attached hydrogen (secondary N) is 1. The summed E-state index contributed by atoms with van der Waals surface area (Å²) in [7, 11) is 3.49. The molecule has 0 aliphatic carbocycles. The summed E-state index contributed by atoms with van der Waals surface area (Å²) in [6, 6.07) is 7.46. The fourth-order valence-electron chi connectivity index (χ4n) is 2.01. The van der Waals surface area contributed by atoms with Gasteiger partial charge in [0, 0.05) is 26.2 Å². The Morgan fingerprint density at radius 2 is 1.83 bits per heavy atom. The number of benzene rings is 1. The van der Waals surface area contributed by atoms with Gasteiger partial charge in [-0.25, -0.2) is 4.99 Å². The third-order valence-electron chi connectivity index (χ3n) is 3.38. The van der Waals surface area contributed by atoms with E-state index in [4.69, 9.17) is 5.73 Å². The van der Waals surface area contributed by atoms with E-state index in [0.29, 0.717) is 18.1 Å². The van der Waals surface area contributed by atoms with Crippen LogP contribution in [0.15, 0.2) is 29.3 Å². The highest BCUT2D eigenvalue weighted by atomic mass is 127. The summed E-state index contributed by atoms with van der Waals surface area (Å²) in [5.74, 6) is 0.480. The van der Waals surface area contributed by atoms with Gasteiger partial charge in [0.05, 0.1) is 6.54 Å². The molecule has 1 amide bonds. The van der Waals surface area contributed by atoms with Crippen LogP contribution < -0.4 is 11.1 Å². The summed E-state index contributed by atoms with van der Waals surface area (Å²) >= 11 is 0. The zero-order valence-electron chi connectivity index (χ0n) is 14.3. The molecule has 5 nitrogen and oxygen atoms in total. The lowest BCUT2D eigenvalue weighted by Gasteiger charge is -2.10. The van der Waals surface area contributed by atoms with Crippen LogP contribution in [0.3, 0.4) is 0 Å². The van der Waals surface area contributed by atoms with Gasteiger partial charge in [-0.15, -0.1) is 24.0 Å². The zero-order valence-corrected chi connectivity index (χ0v) is 16.7. The molecule has 0 unspecified atom stereocenters. The van der Waals surface area contributed by atoms with Crippen LogP contribution in [0.1, 0.15) is 48.5 Å². The van der Waals surface area contributed by atoms with E-state index in [1.165, 1.54) is 19.3 Å². The van der Waals surface area contributed by atoms with Gasteiger partial charge in [0.1, 0.15) is 0 Å². The fraction of sp³-hybridized carbons (Fsp3) is 0.529. The molecule has 0 saturated carbocycles. The van der Waals surface area contributed by atoms with Crippen molar-refractivity contribution in [1.82, 2.24) is 10.2 Å². The highest BCUT2D eigenvalue weighted by molar-refractivity contribution is 14.0. The van der Waals surface area contributed by atoms with Gasteiger partial charge in [-0.1, -0.05) is 38.3 Å². The third-order valence-corrected chi connectivity index (χ3v) is 3.38. The molecule has 0 aliphatic heterocycles. The van der Waals surface area contributed by atoms with E-state index in [-0.39, 0.29) is 29.9 Å². The Bertz CT molecular complexity index is 486. The average Bonchev–Trinajstić information content (AvgIpc) is 2.52. The second-order valence-electron chi connectivity index (χ2n) is 5.59. The van der Waals surface area contributed by atoms with Crippen LogP contribution >= 0.6 is 24.0 Å². The number of hydrogen-bond donors (Lipinski definition) is 2. The van der Waals surface area contributed by atoms with Crippen molar-refractivity contribution in [3.05, 3.63) is 35.4 Å². The molecule has 1 aromatic carbocycles. The number of nitrogens with two attached hydrogens (primary N) is 1. The van der Waals surface area contributed by atoms with Crippen LogP contribution in [0.5, 0.6) is 0 Å². The number of nitrogens with zero attached hydrogens (tertiary/aromatic N) is 2. The summed E-state index contributed by atoms with van der Waals surface area (Å²) in [5, 5.41) is 3.12. The summed E-state index contributed by atoms with van der Waals surface area (Å²) in [5.41, 5.74) is 7.55. The smallest absolute Gasteiger partial charge is 0.253 e. The Morgan fingerprint density at radius 1 is 1.17 bits per heavy atom. The fourth-order valence-corrected chi connectivity index (χ4v) is 2.01. The Hall–Kier alpha value is -1.31. The topological polar surface area (TPSA) is 70.7 Å². The van der Waals surface area contributed by atoms with Crippen molar-refractivity contribution in [3.8, 4) is 0 Å². The molecule has 0 heterocycles. The van der Waals surface area contributed by atoms with Gasteiger partial charge in [-0.2, -0.15) is 0 Å². The molecular weight excluding hydrogens is 403 g/mol. The third kappa shape index (κ3) is 8.78. The van der Waals surface area contributed by atoms with Crippen LogP contribution in [0, 0.1) is 0 Å². The molecular formula is C17H29IN4O. The van der Waals surface area contributed by atoms with Crippen LogP contribution in [-0.2, 0) is 6.54 Å². The molecule has 3 N–H and O–H groups in total. The summed E-state index contributed by atoms with van der Waals surface area (Å²) < 4.78 is 0. The zero-order chi connectivity index (χ0) is 16.4. The standard InChI is InChI=1S/C17H28N4O.HI/c1-4-5-6-7-12-19-17(18)20-13-14-8-10-15(11-9-14)16(22)21(2)3;/h8-11H,4-7,12-13H2,1-3H3,(H3,18,19,20);1H. The number of amides is 1. The quantitative estimate of drug-likeness (QED) is 0.287. The van der Waals surface area contributed by atoms with Gasteiger partial charge in [-0.3, -0.25) is 4.79 Å². The second-order valence-corrected chi connectivity index (χ2v) is 5.59. The molecule has 0 bridgehead atoms. The normalized spacial score (nSPS) is 10.8. The van der Waals surface area contributed by atoms with Gasteiger partial charge >= 0.3 is 0 Å². The minimum Gasteiger partial charge on any atom is -0.370 e. The van der Waals surface area contributed by atoms with Gasteiger partial charge in [0.25, 0.3) is 5.91 Å². The SMILES string of the molecule is CCCCCCNC(N)=NCc1ccc(C(=O)N(C)C)cc1.I. The molecule has 0 spiro atoms. The van der Waals surface area contributed by atoms with Crippen molar-refractivity contribution in [2.24, 2.45) is 10.7 Å². The number of guanidine groups is 1. The molecule has 0 fully saturated rings. The number of unbranched alkanes of at least 4 members (excludes halogenated alkanes) is 3. The molecule has 6 heteroatoms. The minimum absolute atomic E-state index is 0. The minimum atomic E-state index is 0. The molecule has 0 atom stereocenters. The van der Waals surface area contributed by atoms with Crippen molar-refractivity contribution in [3.63, 3.8) is 0 Å². The van der Waals surface area contributed by atoms with Crippen molar-refractivity contribution in [1.29, 1.82) is 0 Å². The van der Waals surface area contributed by atoms with Gasteiger partial charge < -0.3 is 16.0 Å². The molecule has 1 rings (SSSR count). The number of hydrogen-bond acceptors (Lipinski definition) is 2. The molecule has 23 heavy (non-hydrogen) atoms. The maximum absolute atomic E-state index is 11.8. The monoisotopic (exact) mass is 432 g/mol. The Kier molecular flexibility index (Phi) is 11.5. The molecule has 0 saturated heterocycles. The average molecular weight is 432 g/mol. The second kappa shape index (κ2) is 12.2. The molecule has 0 radical (unpaired) electrons. The first-order chi connectivity index (χ1) is 10.5. The number of carbonyl (C=O) groups excluding carboxylic acids is 1. The maximum Gasteiger partial charge on any atom is 0.253 e. The van der Waals surface area contributed by atoms with E-state index in [1.807, 2.05) is 24.3 Å². The Morgan fingerprint density at radius 3 is 2.39 bits per heavy atom. The number of rotatable bonds is 8. The summed E-state index contributed by atoms with van der Waals surface area (Å²) in [4.78, 5) is 17.7. The lowest BCUT2D eigenvalue weighted by Crippen LogP contribution is -2.32. The number of aliphatic imine (C=N–C) groups is 1. The van der Waals surface area contributed by atoms with E-state index < -0.39 is 0 Å². The van der Waals surface area contributed by atoms with Crippen molar-refractivity contribution < 1.29 is 4.79 Å². The van der Waals surface area contributed by atoms with E-state index in [0.717, 1.165) is 18.5 Å². The van der Waals surface area contributed by atoms with Crippen LogP contribution in [-0.4, -0.2) is 37.4 Å². The van der Waals surface area contributed by atoms with Crippen molar-refractivity contribution >= 4 is 35.8 Å². The van der Waals surface area contributed by atoms with Crippen molar-refractivity contribution in [2.45, 2.75) is 39.2 Å². The Labute approximate surface area is 156 Å². The molecule has 0 aliphatic rings. The van der Waals surface area contributed by atoms with E-state index >= 15 is 0 Å². The lowest BCUT2D eigenvalue weighted by molar-refractivity contribution is 0.0827. The predicted molar refractivity (Wildman–Crippen MR) is 107 cm³/mol.